The first-order valence-corrected chi connectivity index (χ1v) is 9.09. The van der Waals surface area contributed by atoms with E-state index in [1.165, 1.54) is 25.9 Å². The standard InChI is InChI=1S/C19H18ClNO5S/c1-23-13-7-5-11(6-8-13)16-18(20)27-19(22)21(16)12-9-14(24-2)17(26-4)15(10-12)25-3/h5-10H,1-4H3. The van der Waals surface area contributed by atoms with Gasteiger partial charge >= 0.3 is 4.87 Å². The van der Waals surface area contributed by atoms with E-state index in [-0.39, 0.29) is 4.87 Å². The molecule has 0 atom stereocenters. The van der Waals surface area contributed by atoms with Crippen molar-refractivity contribution in [1.82, 2.24) is 4.57 Å². The lowest BCUT2D eigenvalue weighted by molar-refractivity contribution is 0.324. The Balaban J connectivity index is 2.25. The van der Waals surface area contributed by atoms with Crippen molar-refractivity contribution in [2.45, 2.75) is 0 Å². The van der Waals surface area contributed by atoms with Crippen molar-refractivity contribution in [3.8, 4) is 39.9 Å². The van der Waals surface area contributed by atoms with E-state index in [0.717, 1.165) is 16.9 Å². The van der Waals surface area contributed by atoms with E-state index in [2.05, 4.69) is 0 Å². The van der Waals surface area contributed by atoms with Gasteiger partial charge in [0.1, 0.15) is 10.1 Å². The number of halogens is 1. The highest BCUT2D eigenvalue weighted by Crippen LogP contribution is 2.41. The summed E-state index contributed by atoms with van der Waals surface area (Å²) in [7, 11) is 6.17. The summed E-state index contributed by atoms with van der Waals surface area (Å²) >= 11 is 7.35. The Morgan fingerprint density at radius 1 is 0.889 bits per heavy atom. The van der Waals surface area contributed by atoms with E-state index in [1.807, 2.05) is 24.3 Å². The molecule has 0 N–H and O–H groups in total. The molecule has 0 saturated carbocycles. The van der Waals surface area contributed by atoms with Gasteiger partial charge in [-0.25, -0.2) is 0 Å². The molecule has 6 nitrogen and oxygen atoms in total. The second-order valence-corrected chi connectivity index (χ2v) is 7.00. The number of benzene rings is 2. The lowest BCUT2D eigenvalue weighted by atomic mass is 10.1. The summed E-state index contributed by atoms with van der Waals surface area (Å²) < 4.78 is 23.3. The Labute approximate surface area is 165 Å². The van der Waals surface area contributed by atoms with Crippen LogP contribution in [-0.4, -0.2) is 33.0 Å². The lowest BCUT2D eigenvalue weighted by Gasteiger charge is -2.15. The van der Waals surface area contributed by atoms with E-state index in [1.54, 1.807) is 19.2 Å². The van der Waals surface area contributed by atoms with Crippen molar-refractivity contribution in [1.29, 1.82) is 0 Å². The minimum absolute atomic E-state index is 0.222. The number of rotatable bonds is 6. The number of hydrogen-bond acceptors (Lipinski definition) is 6. The van der Waals surface area contributed by atoms with E-state index < -0.39 is 0 Å². The molecule has 0 unspecified atom stereocenters. The van der Waals surface area contributed by atoms with E-state index in [9.17, 15) is 4.79 Å². The molecule has 0 bridgehead atoms. The molecule has 3 rings (SSSR count). The Morgan fingerprint density at radius 2 is 1.48 bits per heavy atom. The summed E-state index contributed by atoms with van der Waals surface area (Å²) in [5.74, 6) is 2.06. The van der Waals surface area contributed by atoms with Crippen LogP contribution in [0.4, 0.5) is 0 Å². The third-order valence-electron chi connectivity index (χ3n) is 4.04. The maximum atomic E-state index is 12.7. The largest absolute Gasteiger partial charge is 0.497 e. The van der Waals surface area contributed by atoms with Gasteiger partial charge in [-0.15, -0.1) is 0 Å². The topological polar surface area (TPSA) is 58.9 Å². The number of thiazole rings is 1. The summed E-state index contributed by atoms with van der Waals surface area (Å²) in [5.41, 5.74) is 1.93. The van der Waals surface area contributed by atoms with E-state index in [0.29, 0.717) is 38.7 Å². The van der Waals surface area contributed by atoms with Crippen LogP contribution in [0.3, 0.4) is 0 Å². The molecule has 3 aromatic rings. The van der Waals surface area contributed by atoms with Gasteiger partial charge in [-0.1, -0.05) is 22.9 Å². The molecule has 0 radical (unpaired) electrons. The molecular weight excluding hydrogens is 390 g/mol. The zero-order chi connectivity index (χ0) is 19.6. The minimum Gasteiger partial charge on any atom is -0.497 e. The van der Waals surface area contributed by atoms with Crippen LogP contribution in [0.1, 0.15) is 0 Å². The van der Waals surface area contributed by atoms with Crippen molar-refractivity contribution >= 4 is 22.9 Å². The molecule has 1 heterocycles. The van der Waals surface area contributed by atoms with Crippen molar-refractivity contribution in [3.05, 3.63) is 50.4 Å². The SMILES string of the molecule is COc1ccc(-c2c(Cl)sc(=O)n2-c2cc(OC)c(OC)c(OC)c2)cc1. The van der Waals surface area contributed by atoms with Crippen LogP contribution in [0.15, 0.2) is 41.2 Å². The predicted octanol–water partition coefficient (Wildman–Crippen LogP) is 4.25. The maximum Gasteiger partial charge on any atom is 0.313 e. The fourth-order valence-electron chi connectivity index (χ4n) is 2.77. The van der Waals surface area contributed by atoms with Crippen molar-refractivity contribution in [2.24, 2.45) is 0 Å². The molecule has 0 aliphatic heterocycles. The lowest BCUT2D eigenvalue weighted by Crippen LogP contribution is -2.12. The highest BCUT2D eigenvalue weighted by Gasteiger charge is 2.21. The van der Waals surface area contributed by atoms with Gasteiger partial charge in [0, 0.05) is 17.7 Å². The summed E-state index contributed by atoms with van der Waals surface area (Å²) in [4.78, 5) is 12.4. The van der Waals surface area contributed by atoms with Gasteiger partial charge in [0.05, 0.1) is 39.8 Å². The monoisotopic (exact) mass is 407 g/mol. The normalized spacial score (nSPS) is 10.6. The van der Waals surface area contributed by atoms with Crippen molar-refractivity contribution < 1.29 is 18.9 Å². The molecule has 0 aliphatic carbocycles. The Morgan fingerprint density at radius 3 is 1.96 bits per heavy atom. The zero-order valence-electron chi connectivity index (χ0n) is 15.2. The molecule has 27 heavy (non-hydrogen) atoms. The minimum atomic E-state index is -0.222. The first-order valence-electron chi connectivity index (χ1n) is 7.90. The average molecular weight is 408 g/mol. The van der Waals surface area contributed by atoms with Crippen LogP contribution in [0.5, 0.6) is 23.0 Å². The Kier molecular flexibility index (Phi) is 5.62. The number of hydrogen-bond donors (Lipinski definition) is 0. The number of nitrogens with zero attached hydrogens (tertiary/aromatic N) is 1. The first-order chi connectivity index (χ1) is 13.0. The number of ether oxygens (including phenoxy) is 4. The summed E-state index contributed by atoms with van der Waals surface area (Å²) in [6, 6.07) is 10.7. The molecule has 0 amide bonds. The number of methoxy groups -OCH3 is 4. The van der Waals surface area contributed by atoms with Crippen LogP contribution in [0.25, 0.3) is 16.9 Å². The molecule has 0 saturated heterocycles. The fourth-order valence-corrected chi connectivity index (χ4v) is 3.91. The zero-order valence-corrected chi connectivity index (χ0v) is 16.8. The fraction of sp³-hybridized carbons (Fsp3) is 0.211. The Hall–Kier alpha value is -2.64. The van der Waals surface area contributed by atoms with Crippen LogP contribution < -0.4 is 23.8 Å². The van der Waals surface area contributed by atoms with Gasteiger partial charge < -0.3 is 18.9 Å². The molecule has 8 heteroatoms. The molecular formula is C19H18ClNO5S. The third kappa shape index (κ3) is 3.48. The molecule has 0 aliphatic rings. The molecule has 0 spiro atoms. The van der Waals surface area contributed by atoms with E-state index >= 15 is 0 Å². The molecule has 2 aromatic carbocycles. The number of aromatic nitrogens is 1. The van der Waals surface area contributed by atoms with Gasteiger partial charge in [-0.05, 0) is 24.3 Å². The summed E-state index contributed by atoms with van der Waals surface area (Å²) in [5, 5.41) is 0. The molecule has 0 fully saturated rings. The Bertz CT molecular complexity index is 985. The van der Waals surface area contributed by atoms with Gasteiger partial charge in [-0.2, -0.15) is 0 Å². The third-order valence-corrected chi connectivity index (χ3v) is 5.18. The second-order valence-electron chi connectivity index (χ2n) is 5.44. The average Bonchev–Trinajstić information content (AvgIpc) is 3.00. The second kappa shape index (κ2) is 7.94. The van der Waals surface area contributed by atoms with E-state index in [4.69, 9.17) is 30.5 Å². The van der Waals surface area contributed by atoms with Gasteiger partial charge in [-0.3, -0.25) is 9.36 Å². The van der Waals surface area contributed by atoms with Crippen molar-refractivity contribution in [3.63, 3.8) is 0 Å². The van der Waals surface area contributed by atoms with Crippen LogP contribution in [-0.2, 0) is 0 Å². The van der Waals surface area contributed by atoms with Crippen molar-refractivity contribution in [2.75, 3.05) is 28.4 Å². The highest BCUT2D eigenvalue weighted by molar-refractivity contribution is 7.14. The maximum absolute atomic E-state index is 12.7. The van der Waals surface area contributed by atoms with Crippen LogP contribution >= 0.6 is 22.9 Å². The first kappa shape index (κ1) is 19.1. The molecule has 1 aromatic heterocycles. The summed E-state index contributed by atoms with van der Waals surface area (Å²) in [6.07, 6.45) is 0. The molecule has 142 valence electrons. The smallest absolute Gasteiger partial charge is 0.313 e. The van der Waals surface area contributed by atoms with Crippen LogP contribution in [0.2, 0.25) is 4.34 Å². The van der Waals surface area contributed by atoms with Gasteiger partial charge in [0.15, 0.2) is 11.5 Å². The quantitative estimate of drug-likeness (QED) is 0.611. The summed E-state index contributed by atoms with van der Waals surface area (Å²) in [6.45, 7) is 0. The van der Waals surface area contributed by atoms with Gasteiger partial charge in [0.25, 0.3) is 0 Å². The predicted molar refractivity (Wildman–Crippen MR) is 107 cm³/mol. The van der Waals surface area contributed by atoms with Gasteiger partial charge in [0.2, 0.25) is 5.75 Å². The van der Waals surface area contributed by atoms with Crippen LogP contribution in [0, 0.1) is 0 Å². The highest BCUT2D eigenvalue weighted by atomic mass is 35.5.